The molecule has 0 bridgehead atoms. The topological polar surface area (TPSA) is 80.8 Å². The predicted molar refractivity (Wildman–Crippen MR) is 106 cm³/mol. The van der Waals surface area contributed by atoms with Gasteiger partial charge >= 0.3 is 0 Å². The van der Waals surface area contributed by atoms with Crippen LogP contribution in [-0.2, 0) is 19.7 Å². The number of likely N-dealkylation sites (tertiary alicyclic amines) is 1. The van der Waals surface area contributed by atoms with Gasteiger partial charge in [0.15, 0.2) is 19.7 Å². The summed E-state index contributed by atoms with van der Waals surface area (Å²) in [6, 6.07) is 2.86. The molecule has 2 saturated heterocycles. The van der Waals surface area contributed by atoms with E-state index in [2.05, 4.69) is 11.8 Å². The summed E-state index contributed by atoms with van der Waals surface area (Å²) in [5.74, 6) is 0.864. The first-order valence-corrected chi connectivity index (χ1v) is 12.8. The van der Waals surface area contributed by atoms with E-state index in [1.165, 1.54) is 0 Å². The zero-order valence-corrected chi connectivity index (χ0v) is 18.1. The highest BCUT2D eigenvalue weighted by Crippen LogP contribution is 2.34. The van der Waals surface area contributed by atoms with E-state index in [-0.39, 0.29) is 16.4 Å². The Morgan fingerprint density at radius 2 is 1.70 bits per heavy atom. The number of nitrogens with zero attached hydrogens (tertiary/aromatic N) is 1. The maximum atomic E-state index is 13.5. The van der Waals surface area contributed by atoms with Crippen LogP contribution in [-0.4, -0.2) is 64.7 Å². The predicted octanol–water partition coefficient (Wildman–Crippen LogP) is 1.98. The quantitative estimate of drug-likeness (QED) is 0.748. The van der Waals surface area contributed by atoms with Gasteiger partial charge in [0.1, 0.15) is 5.75 Å². The number of hydrogen-bond acceptors (Lipinski definition) is 6. The van der Waals surface area contributed by atoms with Crippen molar-refractivity contribution in [3.05, 3.63) is 23.3 Å². The molecule has 2 heterocycles. The molecule has 2 fully saturated rings. The molecule has 152 valence electrons. The van der Waals surface area contributed by atoms with Gasteiger partial charge < -0.3 is 4.74 Å². The van der Waals surface area contributed by atoms with Gasteiger partial charge in [-0.2, -0.15) is 0 Å². The number of ether oxygens (including phenoxy) is 1. The Morgan fingerprint density at radius 3 is 2.30 bits per heavy atom. The molecule has 0 N–H and O–H groups in total. The maximum Gasteiger partial charge on any atom is 0.184 e. The van der Waals surface area contributed by atoms with Crippen LogP contribution in [0.3, 0.4) is 0 Å². The number of sulfone groups is 2. The molecular formula is C19H29NO5S2. The minimum atomic E-state index is -3.78. The number of benzene rings is 1. The molecule has 27 heavy (non-hydrogen) atoms. The van der Waals surface area contributed by atoms with E-state index in [1.807, 2.05) is 0 Å². The molecule has 2 atom stereocenters. The van der Waals surface area contributed by atoms with Crippen molar-refractivity contribution in [3.63, 3.8) is 0 Å². The highest BCUT2D eigenvalue weighted by molar-refractivity contribution is 7.96. The first-order valence-electron chi connectivity index (χ1n) is 9.39. The van der Waals surface area contributed by atoms with Crippen molar-refractivity contribution in [1.29, 1.82) is 0 Å². The lowest BCUT2D eigenvalue weighted by atomic mass is 9.98. The first kappa shape index (κ1) is 20.6. The number of piperidine rings is 1. The van der Waals surface area contributed by atoms with E-state index in [0.717, 1.165) is 31.5 Å². The highest BCUT2D eigenvalue weighted by Gasteiger charge is 2.48. The van der Waals surface area contributed by atoms with Gasteiger partial charge in [-0.05, 0) is 69.0 Å². The maximum absolute atomic E-state index is 13.5. The Bertz CT molecular complexity index is 916. The third-order valence-electron chi connectivity index (χ3n) is 5.96. The second-order valence-electron chi connectivity index (χ2n) is 8.03. The summed E-state index contributed by atoms with van der Waals surface area (Å²) in [6.07, 6.45) is 1.95. The standard InChI is InChI=1S/C19H29NO5S2/c1-13-5-7-20(8-6-13)16-11-26(21,22)12-19(16)27(23,24)18-10-14(2)17(25-4)9-15(18)3/h9-10,13,16,19H,5-8,11-12H2,1-4H3/t16-,19-/m0/s1. The summed E-state index contributed by atoms with van der Waals surface area (Å²) >= 11 is 0. The van der Waals surface area contributed by atoms with E-state index in [0.29, 0.717) is 17.2 Å². The van der Waals surface area contributed by atoms with Gasteiger partial charge in [-0.1, -0.05) is 6.92 Å². The number of rotatable bonds is 4. The first-order chi connectivity index (χ1) is 12.5. The van der Waals surface area contributed by atoms with Crippen molar-refractivity contribution < 1.29 is 21.6 Å². The van der Waals surface area contributed by atoms with Crippen LogP contribution in [0.15, 0.2) is 17.0 Å². The SMILES string of the molecule is COc1cc(C)c(S(=O)(=O)[C@H]2CS(=O)(=O)C[C@@H]2N2CCC(C)CC2)cc1C. The Hall–Kier alpha value is -1.12. The number of aryl methyl sites for hydroxylation is 2. The van der Waals surface area contributed by atoms with Crippen LogP contribution in [0, 0.1) is 19.8 Å². The van der Waals surface area contributed by atoms with Crippen molar-refractivity contribution >= 4 is 19.7 Å². The molecule has 0 aromatic heterocycles. The summed E-state index contributed by atoms with van der Waals surface area (Å²) in [5.41, 5.74) is 1.32. The summed E-state index contributed by atoms with van der Waals surface area (Å²) in [7, 11) is -5.61. The van der Waals surface area contributed by atoms with Crippen LogP contribution < -0.4 is 4.74 Å². The molecule has 0 aliphatic carbocycles. The van der Waals surface area contributed by atoms with Crippen molar-refractivity contribution in [2.45, 2.75) is 49.8 Å². The third-order valence-corrected chi connectivity index (χ3v) is 10.2. The second kappa shape index (κ2) is 7.37. The van der Waals surface area contributed by atoms with Gasteiger partial charge in [-0.3, -0.25) is 4.90 Å². The molecule has 0 amide bonds. The summed E-state index contributed by atoms with van der Waals surface area (Å²) in [5, 5.41) is -0.914. The van der Waals surface area contributed by atoms with Crippen LogP contribution in [0.2, 0.25) is 0 Å². The fraction of sp³-hybridized carbons (Fsp3) is 0.684. The fourth-order valence-corrected chi connectivity index (χ4v) is 9.39. The molecule has 2 aliphatic heterocycles. The molecule has 8 heteroatoms. The van der Waals surface area contributed by atoms with Gasteiger partial charge in [-0.25, -0.2) is 16.8 Å². The molecule has 1 aromatic carbocycles. The normalized spacial score (nSPS) is 27.0. The van der Waals surface area contributed by atoms with Crippen molar-refractivity contribution in [2.24, 2.45) is 5.92 Å². The van der Waals surface area contributed by atoms with E-state index in [4.69, 9.17) is 4.74 Å². The van der Waals surface area contributed by atoms with Gasteiger partial charge in [-0.15, -0.1) is 0 Å². The average molecular weight is 416 g/mol. The molecule has 6 nitrogen and oxygen atoms in total. The fourth-order valence-electron chi connectivity index (χ4n) is 4.25. The van der Waals surface area contributed by atoms with E-state index < -0.39 is 31.0 Å². The molecule has 1 aromatic rings. The molecule has 0 saturated carbocycles. The molecule has 0 unspecified atom stereocenters. The molecule has 0 spiro atoms. The third kappa shape index (κ3) is 4.03. The lowest BCUT2D eigenvalue weighted by Gasteiger charge is -2.36. The Kier molecular flexibility index (Phi) is 5.62. The van der Waals surface area contributed by atoms with Crippen molar-refractivity contribution in [2.75, 3.05) is 31.7 Å². The Morgan fingerprint density at radius 1 is 1.07 bits per heavy atom. The summed E-state index contributed by atoms with van der Waals surface area (Å²) in [4.78, 5) is 2.30. The molecule has 0 radical (unpaired) electrons. The number of hydrogen-bond donors (Lipinski definition) is 0. The van der Waals surface area contributed by atoms with Gasteiger partial charge in [0, 0.05) is 6.04 Å². The Balaban J connectivity index is 2.00. The van der Waals surface area contributed by atoms with E-state index in [1.54, 1.807) is 33.1 Å². The zero-order chi connectivity index (χ0) is 20.0. The van der Waals surface area contributed by atoms with Gasteiger partial charge in [0.2, 0.25) is 0 Å². The van der Waals surface area contributed by atoms with Gasteiger partial charge in [0.05, 0.1) is 28.8 Å². The molecule has 2 aliphatic rings. The van der Waals surface area contributed by atoms with E-state index >= 15 is 0 Å². The largest absolute Gasteiger partial charge is 0.496 e. The van der Waals surface area contributed by atoms with Crippen molar-refractivity contribution in [1.82, 2.24) is 4.90 Å². The summed E-state index contributed by atoms with van der Waals surface area (Å²) < 4.78 is 57.0. The monoisotopic (exact) mass is 415 g/mol. The zero-order valence-electron chi connectivity index (χ0n) is 16.4. The Labute approximate surface area is 162 Å². The van der Waals surface area contributed by atoms with Crippen LogP contribution >= 0.6 is 0 Å². The van der Waals surface area contributed by atoms with Crippen LogP contribution in [0.5, 0.6) is 5.75 Å². The van der Waals surface area contributed by atoms with Crippen molar-refractivity contribution in [3.8, 4) is 5.75 Å². The average Bonchev–Trinajstić information content (AvgIpc) is 2.93. The lowest BCUT2D eigenvalue weighted by molar-refractivity contribution is 0.151. The molecular weight excluding hydrogens is 386 g/mol. The minimum Gasteiger partial charge on any atom is -0.496 e. The lowest BCUT2D eigenvalue weighted by Crippen LogP contribution is -2.49. The highest BCUT2D eigenvalue weighted by atomic mass is 32.2. The minimum absolute atomic E-state index is 0.0700. The van der Waals surface area contributed by atoms with Gasteiger partial charge in [0.25, 0.3) is 0 Å². The van der Waals surface area contributed by atoms with E-state index in [9.17, 15) is 16.8 Å². The number of methoxy groups -OCH3 is 1. The second-order valence-corrected chi connectivity index (χ2v) is 12.3. The summed E-state index contributed by atoms with van der Waals surface area (Å²) in [6.45, 7) is 7.23. The van der Waals surface area contributed by atoms with Crippen LogP contribution in [0.1, 0.15) is 30.9 Å². The smallest absolute Gasteiger partial charge is 0.184 e. The molecule has 3 rings (SSSR count). The van der Waals surface area contributed by atoms with Crippen LogP contribution in [0.25, 0.3) is 0 Å². The van der Waals surface area contributed by atoms with Crippen LogP contribution in [0.4, 0.5) is 0 Å².